The fourth-order valence-corrected chi connectivity index (χ4v) is 4.75. The van der Waals surface area contributed by atoms with E-state index < -0.39 is 23.5 Å². The van der Waals surface area contributed by atoms with E-state index in [1.165, 1.54) is 12.1 Å². The molecule has 190 valence electrons. The van der Waals surface area contributed by atoms with Gasteiger partial charge in [-0.3, -0.25) is 9.69 Å². The van der Waals surface area contributed by atoms with E-state index in [9.17, 15) is 26.7 Å². The van der Waals surface area contributed by atoms with Gasteiger partial charge in [-0.2, -0.15) is 17.6 Å². The first-order valence-corrected chi connectivity index (χ1v) is 11.6. The average Bonchev–Trinajstić information content (AvgIpc) is 3.26. The largest absolute Gasteiger partial charge is 0.419 e. The lowest BCUT2D eigenvalue weighted by molar-refractivity contribution is -0.140. The van der Waals surface area contributed by atoms with Crippen LogP contribution in [0.15, 0.2) is 54.7 Å². The fourth-order valence-electron chi connectivity index (χ4n) is 4.45. The predicted molar refractivity (Wildman–Crippen MR) is 126 cm³/mol. The van der Waals surface area contributed by atoms with E-state index in [0.717, 1.165) is 30.0 Å². The summed E-state index contributed by atoms with van der Waals surface area (Å²) < 4.78 is 66.2. The maximum absolute atomic E-state index is 14.1. The molecule has 36 heavy (non-hydrogen) atoms. The highest BCUT2D eigenvalue weighted by Gasteiger charge is 2.39. The highest BCUT2D eigenvalue weighted by atomic mass is 35.5. The van der Waals surface area contributed by atoms with Crippen LogP contribution < -0.4 is 0 Å². The van der Waals surface area contributed by atoms with Gasteiger partial charge in [0.1, 0.15) is 5.82 Å². The smallest absolute Gasteiger partial charge is 0.336 e. The summed E-state index contributed by atoms with van der Waals surface area (Å²) in [7, 11) is 1.75. The molecule has 2 heterocycles. The minimum Gasteiger partial charge on any atom is -0.336 e. The molecule has 11 heteroatoms. The third-order valence-electron chi connectivity index (χ3n) is 6.26. The summed E-state index contributed by atoms with van der Waals surface area (Å²) in [5.41, 5.74) is 0.0568. The van der Waals surface area contributed by atoms with Gasteiger partial charge in [-0.15, -0.1) is 0 Å². The Balaban J connectivity index is 1.61. The molecule has 2 atom stereocenters. The van der Waals surface area contributed by atoms with E-state index >= 15 is 0 Å². The Bertz CT molecular complexity index is 1270. The monoisotopic (exact) mass is 543 g/mol. The lowest BCUT2D eigenvalue weighted by atomic mass is 9.93. The number of alkyl halides is 3. The Hall–Kier alpha value is -2.75. The first-order chi connectivity index (χ1) is 16.9. The van der Waals surface area contributed by atoms with Gasteiger partial charge < -0.3 is 4.90 Å². The Kier molecular flexibility index (Phi) is 7.54. The molecular formula is C25H20Cl2F5N3O. The Morgan fingerprint density at radius 3 is 2.42 bits per heavy atom. The maximum atomic E-state index is 14.1. The van der Waals surface area contributed by atoms with Crippen molar-refractivity contribution in [3.8, 4) is 0 Å². The highest BCUT2D eigenvalue weighted by molar-refractivity contribution is 6.42. The summed E-state index contributed by atoms with van der Waals surface area (Å²) >= 11 is 12.3. The van der Waals surface area contributed by atoms with Crippen LogP contribution in [-0.4, -0.2) is 46.9 Å². The van der Waals surface area contributed by atoms with Crippen molar-refractivity contribution in [3.05, 3.63) is 98.8 Å². The summed E-state index contributed by atoms with van der Waals surface area (Å²) in [6.45, 7) is 0.697. The van der Waals surface area contributed by atoms with Gasteiger partial charge in [0.05, 0.1) is 21.2 Å². The molecule has 1 aromatic heterocycles. The Morgan fingerprint density at radius 2 is 1.81 bits per heavy atom. The summed E-state index contributed by atoms with van der Waals surface area (Å²) in [5.74, 6) is -2.63. The SMILES string of the molecule is CN(Cc1ccc(C(F)(F)F)c(F)c1)[C@H]1CN(C(=O)c2ccc(F)nc2)C[C@@H]1c1ccc(Cl)c(Cl)c1. The zero-order valence-corrected chi connectivity index (χ0v) is 20.4. The van der Waals surface area contributed by atoms with Gasteiger partial charge in [0.25, 0.3) is 5.91 Å². The topological polar surface area (TPSA) is 36.4 Å². The molecular weight excluding hydrogens is 524 g/mol. The quantitative estimate of drug-likeness (QED) is 0.275. The second-order valence-electron chi connectivity index (χ2n) is 8.65. The van der Waals surface area contributed by atoms with Crippen molar-refractivity contribution in [1.82, 2.24) is 14.8 Å². The molecule has 1 aliphatic heterocycles. The van der Waals surface area contributed by atoms with E-state index in [-0.39, 0.29) is 36.5 Å². The van der Waals surface area contributed by atoms with Crippen LogP contribution >= 0.6 is 23.2 Å². The van der Waals surface area contributed by atoms with Gasteiger partial charge in [0.15, 0.2) is 0 Å². The number of halogens is 7. The molecule has 4 rings (SSSR count). The molecule has 0 unspecified atom stereocenters. The standard InChI is InChI=1S/C25H20Cl2F5N3O/c1-34(11-14-2-5-18(21(28)8-14)25(30,31)32)22-13-35(24(36)16-4-7-23(29)33-10-16)12-17(22)15-3-6-19(26)20(27)9-15/h2-10,17,22H,11-13H2,1H3/t17-,22+/m1/s1. The number of pyridine rings is 1. The first-order valence-electron chi connectivity index (χ1n) is 10.9. The molecule has 2 aromatic carbocycles. The second kappa shape index (κ2) is 10.3. The number of benzene rings is 2. The van der Waals surface area contributed by atoms with Crippen LogP contribution in [0.5, 0.6) is 0 Å². The third-order valence-corrected chi connectivity index (χ3v) is 7.00. The molecule has 0 radical (unpaired) electrons. The number of aromatic nitrogens is 1. The molecule has 1 aliphatic rings. The lowest BCUT2D eigenvalue weighted by Crippen LogP contribution is -2.38. The van der Waals surface area contributed by atoms with Crippen LogP contribution in [0.25, 0.3) is 0 Å². The van der Waals surface area contributed by atoms with Crippen molar-refractivity contribution in [2.75, 3.05) is 20.1 Å². The van der Waals surface area contributed by atoms with E-state index in [2.05, 4.69) is 4.98 Å². The summed E-state index contributed by atoms with van der Waals surface area (Å²) in [6.07, 6.45) is -3.62. The number of carbonyl (C=O) groups is 1. The molecule has 0 aliphatic carbocycles. The van der Waals surface area contributed by atoms with Gasteiger partial charge in [-0.25, -0.2) is 9.37 Å². The molecule has 1 fully saturated rings. The van der Waals surface area contributed by atoms with Crippen molar-refractivity contribution in [2.45, 2.75) is 24.7 Å². The number of likely N-dealkylation sites (tertiary alicyclic amines) is 1. The van der Waals surface area contributed by atoms with Crippen molar-refractivity contribution in [3.63, 3.8) is 0 Å². The van der Waals surface area contributed by atoms with Crippen LogP contribution in [0.4, 0.5) is 22.0 Å². The molecule has 0 saturated carbocycles. The lowest BCUT2D eigenvalue weighted by Gasteiger charge is -2.29. The normalized spacial score (nSPS) is 18.2. The Labute approximate surface area is 214 Å². The first kappa shape index (κ1) is 26.3. The van der Waals surface area contributed by atoms with Crippen molar-refractivity contribution < 1.29 is 26.7 Å². The second-order valence-corrected chi connectivity index (χ2v) is 9.47. The van der Waals surface area contributed by atoms with Crippen LogP contribution in [0.2, 0.25) is 10.0 Å². The van der Waals surface area contributed by atoms with Crippen molar-refractivity contribution >= 4 is 29.1 Å². The van der Waals surface area contributed by atoms with Crippen LogP contribution in [0, 0.1) is 11.8 Å². The van der Waals surface area contributed by atoms with Gasteiger partial charge in [-0.05, 0) is 54.6 Å². The summed E-state index contributed by atoms with van der Waals surface area (Å²) in [5, 5.41) is 0.710. The van der Waals surface area contributed by atoms with Crippen LogP contribution in [0.3, 0.4) is 0 Å². The van der Waals surface area contributed by atoms with E-state index in [1.54, 1.807) is 30.1 Å². The molecule has 0 bridgehead atoms. The molecule has 3 aromatic rings. The molecule has 1 amide bonds. The van der Waals surface area contributed by atoms with Gasteiger partial charge in [-0.1, -0.05) is 35.3 Å². The van der Waals surface area contributed by atoms with Crippen molar-refractivity contribution in [1.29, 1.82) is 0 Å². The van der Waals surface area contributed by atoms with Gasteiger partial charge in [0, 0.05) is 37.8 Å². The van der Waals surface area contributed by atoms with E-state index in [4.69, 9.17) is 23.2 Å². The van der Waals surface area contributed by atoms with E-state index in [0.29, 0.717) is 22.2 Å². The fraction of sp³-hybridized carbons (Fsp3) is 0.280. The number of nitrogens with zero attached hydrogens (tertiary/aromatic N) is 3. The average molecular weight is 544 g/mol. The summed E-state index contributed by atoms with van der Waals surface area (Å²) in [4.78, 5) is 20.1. The molecule has 0 spiro atoms. The number of hydrogen-bond donors (Lipinski definition) is 0. The van der Waals surface area contributed by atoms with Gasteiger partial charge in [0.2, 0.25) is 5.95 Å². The number of rotatable bonds is 5. The van der Waals surface area contributed by atoms with Gasteiger partial charge >= 0.3 is 6.18 Å². The number of hydrogen-bond acceptors (Lipinski definition) is 3. The predicted octanol–water partition coefficient (Wildman–Crippen LogP) is 6.43. The highest BCUT2D eigenvalue weighted by Crippen LogP contribution is 2.36. The third kappa shape index (κ3) is 5.63. The minimum absolute atomic E-state index is 0.137. The Morgan fingerprint density at radius 1 is 1.06 bits per heavy atom. The van der Waals surface area contributed by atoms with Crippen LogP contribution in [-0.2, 0) is 12.7 Å². The van der Waals surface area contributed by atoms with E-state index in [1.807, 2.05) is 4.90 Å². The number of carbonyl (C=O) groups excluding carboxylic acids is 1. The maximum Gasteiger partial charge on any atom is 0.419 e. The molecule has 4 nitrogen and oxygen atoms in total. The molecule has 0 N–H and O–H groups in total. The van der Waals surface area contributed by atoms with Crippen LogP contribution in [0.1, 0.15) is 33.0 Å². The zero-order valence-electron chi connectivity index (χ0n) is 18.9. The molecule has 1 saturated heterocycles. The number of likely N-dealkylation sites (N-methyl/N-ethyl adjacent to an activating group) is 1. The zero-order chi connectivity index (χ0) is 26.2. The number of amides is 1. The summed E-state index contributed by atoms with van der Waals surface area (Å²) in [6, 6.07) is 10.1. The van der Waals surface area contributed by atoms with Crippen molar-refractivity contribution in [2.24, 2.45) is 0 Å². The minimum atomic E-state index is -4.78.